The van der Waals surface area contributed by atoms with E-state index in [9.17, 15) is 4.79 Å². The Hall–Kier alpha value is -2.00. The number of carbonyl (C=O) groups excluding carboxylic acids is 1. The summed E-state index contributed by atoms with van der Waals surface area (Å²) in [7, 11) is 0. The summed E-state index contributed by atoms with van der Waals surface area (Å²) in [6, 6.07) is 15.8. The van der Waals surface area contributed by atoms with Crippen LogP contribution in [0.25, 0.3) is 0 Å². The Bertz CT molecular complexity index is 611. The monoisotopic (exact) mass is 316 g/mol. The number of anilines is 1. The fraction of sp³-hybridized carbons (Fsp3) is 0.278. The maximum Gasteiger partial charge on any atom is 0.222 e. The van der Waals surface area contributed by atoms with E-state index in [0.717, 1.165) is 17.7 Å². The number of carbonyl (C=O) groups is 1. The van der Waals surface area contributed by atoms with Gasteiger partial charge in [-0.2, -0.15) is 0 Å². The normalized spacial score (nSPS) is 10.3. The molecule has 0 radical (unpaired) electrons. The van der Waals surface area contributed by atoms with Gasteiger partial charge in [-0.15, -0.1) is 0 Å². The fourth-order valence-corrected chi connectivity index (χ4v) is 2.31. The van der Waals surface area contributed by atoms with E-state index in [1.807, 2.05) is 36.4 Å². The summed E-state index contributed by atoms with van der Waals surface area (Å²) in [5.41, 5.74) is 3.28. The standard InChI is InChI=1S/C18H21ClN2O/c1-2-14-7-9-16(10-8-14)20-12-11-18(22)21-13-15-5-3-4-6-17(15)19/h3-10,20H,2,11-13H2,1H3,(H,21,22). The third-order valence-corrected chi connectivity index (χ3v) is 3.85. The molecule has 22 heavy (non-hydrogen) atoms. The van der Waals surface area contributed by atoms with Crippen molar-refractivity contribution in [1.82, 2.24) is 5.32 Å². The lowest BCUT2D eigenvalue weighted by Gasteiger charge is -2.09. The molecule has 2 rings (SSSR count). The van der Waals surface area contributed by atoms with E-state index in [0.29, 0.717) is 24.5 Å². The van der Waals surface area contributed by atoms with Crippen molar-refractivity contribution in [3.8, 4) is 0 Å². The van der Waals surface area contributed by atoms with E-state index >= 15 is 0 Å². The van der Waals surface area contributed by atoms with Gasteiger partial charge in [-0.05, 0) is 35.7 Å². The first kappa shape index (κ1) is 16.4. The minimum Gasteiger partial charge on any atom is -0.385 e. The van der Waals surface area contributed by atoms with Crippen molar-refractivity contribution in [3.63, 3.8) is 0 Å². The molecule has 0 bridgehead atoms. The molecule has 2 aromatic carbocycles. The van der Waals surface area contributed by atoms with Crippen LogP contribution in [-0.4, -0.2) is 12.5 Å². The van der Waals surface area contributed by atoms with E-state index in [1.54, 1.807) is 0 Å². The molecule has 0 fully saturated rings. The molecule has 0 aliphatic rings. The number of nitrogens with one attached hydrogen (secondary N) is 2. The van der Waals surface area contributed by atoms with Gasteiger partial charge in [0, 0.05) is 30.2 Å². The number of rotatable bonds is 7. The van der Waals surface area contributed by atoms with Gasteiger partial charge in [0.25, 0.3) is 0 Å². The Balaban J connectivity index is 1.70. The summed E-state index contributed by atoms with van der Waals surface area (Å²) < 4.78 is 0. The molecule has 0 aliphatic heterocycles. The van der Waals surface area contributed by atoms with Gasteiger partial charge in [-0.25, -0.2) is 0 Å². The van der Waals surface area contributed by atoms with Crippen molar-refractivity contribution in [2.75, 3.05) is 11.9 Å². The molecule has 0 saturated heterocycles. The van der Waals surface area contributed by atoms with Crippen molar-refractivity contribution < 1.29 is 4.79 Å². The zero-order chi connectivity index (χ0) is 15.8. The molecule has 1 amide bonds. The molecule has 0 spiro atoms. The third-order valence-electron chi connectivity index (χ3n) is 3.48. The molecule has 2 aromatic rings. The maximum atomic E-state index is 11.8. The lowest BCUT2D eigenvalue weighted by atomic mass is 10.1. The Morgan fingerprint density at radius 1 is 1.09 bits per heavy atom. The molecule has 0 saturated carbocycles. The second-order valence-corrected chi connectivity index (χ2v) is 5.50. The van der Waals surface area contributed by atoms with Crippen LogP contribution in [0.5, 0.6) is 0 Å². The summed E-state index contributed by atoms with van der Waals surface area (Å²) in [6.45, 7) is 3.20. The topological polar surface area (TPSA) is 41.1 Å². The fourth-order valence-electron chi connectivity index (χ4n) is 2.10. The second-order valence-electron chi connectivity index (χ2n) is 5.10. The van der Waals surface area contributed by atoms with Crippen molar-refractivity contribution in [3.05, 3.63) is 64.7 Å². The van der Waals surface area contributed by atoms with Crippen LogP contribution < -0.4 is 10.6 Å². The highest BCUT2D eigenvalue weighted by Gasteiger charge is 2.03. The summed E-state index contributed by atoms with van der Waals surface area (Å²) in [4.78, 5) is 11.8. The molecule has 116 valence electrons. The van der Waals surface area contributed by atoms with Crippen LogP contribution in [0.4, 0.5) is 5.69 Å². The molecule has 0 unspecified atom stereocenters. The van der Waals surface area contributed by atoms with E-state index in [1.165, 1.54) is 5.56 Å². The third kappa shape index (κ3) is 5.08. The summed E-state index contributed by atoms with van der Waals surface area (Å²) in [6.07, 6.45) is 1.46. The SMILES string of the molecule is CCc1ccc(NCCC(=O)NCc2ccccc2Cl)cc1. The van der Waals surface area contributed by atoms with Crippen LogP contribution >= 0.6 is 11.6 Å². The maximum absolute atomic E-state index is 11.8. The first-order valence-electron chi connectivity index (χ1n) is 7.52. The van der Waals surface area contributed by atoms with Crippen LogP contribution in [0, 0.1) is 0 Å². The molecule has 2 N–H and O–H groups in total. The van der Waals surface area contributed by atoms with Crippen LogP contribution in [0.2, 0.25) is 5.02 Å². The lowest BCUT2D eigenvalue weighted by molar-refractivity contribution is -0.121. The molecule has 3 nitrogen and oxygen atoms in total. The molecule has 0 atom stereocenters. The number of aryl methyl sites for hydroxylation is 1. The van der Waals surface area contributed by atoms with Crippen molar-refractivity contribution in [2.45, 2.75) is 26.3 Å². The Labute approximate surface area is 136 Å². The van der Waals surface area contributed by atoms with Crippen molar-refractivity contribution >= 4 is 23.2 Å². The number of halogens is 1. The highest BCUT2D eigenvalue weighted by Crippen LogP contribution is 2.14. The van der Waals surface area contributed by atoms with Gasteiger partial charge in [0.05, 0.1) is 0 Å². The number of amides is 1. The summed E-state index contributed by atoms with van der Waals surface area (Å²) >= 11 is 6.05. The second kappa shape index (κ2) is 8.44. The average Bonchev–Trinajstić information content (AvgIpc) is 2.55. The van der Waals surface area contributed by atoms with Gasteiger partial charge < -0.3 is 10.6 Å². The largest absolute Gasteiger partial charge is 0.385 e. The number of hydrogen-bond acceptors (Lipinski definition) is 2. The quantitative estimate of drug-likeness (QED) is 0.810. The highest BCUT2D eigenvalue weighted by atomic mass is 35.5. The molecule has 0 heterocycles. The Morgan fingerprint density at radius 3 is 2.50 bits per heavy atom. The van der Waals surface area contributed by atoms with Crippen LogP contribution in [0.1, 0.15) is 24.5 Å². The van der Waals surface area contributed by atoms with Crippen LogP contribution in [-0.2, 0) is 17.8 Å². The summed E-state index contributed by atoms with van der Waals surface area (Å²) in [5, 5.41) is 6.81. The molecular formula is C18H21ClN2O. The average molecular weight is 317 g/mol. The molecular weight excluding hydrogens is 296 g/mol. The van der Waals surface area contributed by atoms with Gasteiger partial charge in [-0.3, -0.25) is 4.79 Å². The zero-order valence-electron chi connectivity index (χ0n) is 12.7. The van der Waals surface area contributed by atoms with Crippen molar-refractivity contribution in [2.24, 2.45) is 0 Å². The molecule has 0 aliphatic carbocycles. The van der Waals surface area contributed by atoms with Crippen molar-refractivity contribution in [1.29, 1.82) is 0 Å². The summed E-state index contributed by atoms with van der Waals surface area (Å²) in [5.74, 6) is 0.0117. The van der Waals surface area contributed by atoms with E-state index in [2.05, 4.69) is 29.7 Å². The van der Waals surface area contributed by atoms with Crippen LogP contribution in [0.15, 0.2) is 48.5 Å². The molecule has 4 heteroatoms. The Kier molecular flexibility index (Phi) is 6.28. The van der Waals surface area contributed by atoms with Crippen LogP contribution in [0.3, 0.4) is 0 Å². The minimum absolute atomic E-state index is 0.0117. The first-order valence-corrected chi connectivity index (χ1v) is 7.89. The van der Waals surface area contributed by atoms with Gasteiger partial charge in [0.2, 0.25) is 5.91 Å². The van der Waals surface area contributed by atoms with E-state index in [4.69, 9.17) is 11.6 Å². The Morgan fingerprint density at radius 2 is 1.82 bits per heavy atom. The van der Waals surface area contributed by atoms with Gasteiger partial charge in [0.15, 0.2) is 0 Å². The van der Waals surface area contributed by atoms with Gasteiger partial charge in [-0.1, -0.05) is 48.9 Å². The zero-order valence-corrected chi connectivity index (χ0v) is 13.5. The number of benzene rings is 2. The first-order chi connectivity index (χ1) is 10.7. The smallest absolute Gasteiger partial charge is 0.222 e. The van der Waals surface area contributed by atoms with Gasteiger partial charge in [0.1, 0.15) is 0 Å². The molecule has 0 aromatic heterocycles. The highest BCUT2D eigenvalue weighted by molar-refractivity contribution is 6.31. The minimum atomic E-state index is 0.0117. The predicted molar refractivity (Wildman–Crippen MR) is 92.2 cm³/mol. The van der Waals surface area contributed by atoms with Gasteiger partial charge >= 0.3 is 0 Å². The lowest BCUT2D eigenvalue weighted by Crippen LogP contribution is -2.25. The predicted octanol–water partition coefficient (Wildman–Crippen LogP) is 4.02. The van der Waals surface area contributed by atoms with E-state index in [-0.39, 0.29) is 5.91 Å². The van der Waals surface area contributed by atoms with E-state index < -0.39 is 0 Å². The number of hydrogen-bond donors (Lipinski definition) is 2.